The Labute approximate surface area is 214 Å². The SMILES string of the molecule is Cc1ccc(C(Cc2ccccc2)(NS(=O)(=O)C=Cc2ccccc2)c2cccc(C(F)(F)F)c2)nc1. The molecule has 0 aliphatic rings. The third kappa shape index (κ3) is 6.53. The molecule has 1 N–H and O–H groups in total. The number of pyridine rings is 1. The lowest BCUT2D eigenvalue weighted by Crippen LogP contribution is -2.48. The number of aryl methyl sites for hydroxylation is 1. The highest BCUT2D eigenvalue weighted by Crippen LogP contribution is 2.37. The molecule has 8 heteroatoms. The Bertz CT molecular complexity index is 1470. The van der Waals surface area contributed by atoms with Crippen LogP contribution in [-0.4, -0.2) is 13.4 Å². The van der Waals surface area contributed by atoms with E-state index in [4.69, 9.17) is 0 Å². The number of benzene rings is 3. The lowest BCUT2D eigenvalue weighted by Gasteiger charge is -2.35. The van der Waals surface area contributed by atoms with Gasteiger partial charge < -0.3 is 0 Å². The summed E-state index contributed by atoms with van der Waals surface area (Å²) in [6, 6.07) is 25.9. The second kappa shape index (κ2) is 10.7. The van der Waals surface area contributed by atoms with Crippen molar-refractivity contribution < 1.29 is 21.6 Å². The molecule has 1 atom stereocenters. The fourth-order valence-corrected chi connectivity index (χ4v) is 5.26. The van der Waals surface area contributed by atoms with Gasteiger partial charge in [0.15, 0.2) is 0 Å². The Kier molecular flexibility index (Phi) is 7.61. The number of rotatable bonds is 8. The lowest BCUT2D eigenvalue weighted by molar-refractivity contribution is -0.137. The van der Waals surface area contributed by atoms with Crippen LogP contribution in [0.5, 0.6) is 0 Å². The molecule has 3 aromatic carbocycles. The number of aromatic nitrogens is 1. The van der Waals surface area contributed by atoms with E-state index in [1.54, 1.807) is 66.9 Å². The van der Waals surface area contributed by atoms with Gasteiger partial charge in [0.25, 0.3) is 0 Å². The first-order chi connectivity index (χ1) is 17.6. The van der Waals surface area contributed by atoms with Gasteiger partial charge in [0, 0.05) is 18.0 Å². The van der Waals surface area contributed by atoms with Crippen molar-refractivity contribution in [1.82, 2.24) is 9.71 Å². The number of nitrogens with zero attached hydrogens (tertiary/aromatic N) is 1. The van der Waals surface area contributed by atoms with E-state index in [1.165, 1.54) is 18.2 Å². The molecule has 1 heterocycles. The normalized spacial score (nSPS) is 13.9. The summed E-state index contributed by atoms with van der Waals surface area (Å²) < 4.78 is 70.8. The minimum Gasteiger partial charge on any atom is -0.259 e. The number of alkyl halides is 3. The van der Waals surface area contributed by atoms with E-state index >= 15 is 0 Å². The number of halogens is 3. The van der Waals surface area contributed by atoms with E-state index in [2.05, 4.69) is 9.71 Å². The molecule has 0 spiro atoms. The molecule has 0 amide bonds. The van der Waals surface area contributed by atoms with Crippen LogP contribution in [0.1, 0.15) is 33.5 Å². The van der Waals surface area contributed by atoms with Gasteiger partial charge in [-0.25, -0.2) is 8.42 Å². The number of hydrogen-bond donors (Lipinski definition) is 1. The summed E-state index contributed by atoms with van der Waals surface area (Å²) >= 11 is 0. The van der Waals surface area contributed by atoms with E-state index in [9.17, 15) is 21.6 Å². The van der Waals surface area contributed by atoms with E-state index in [1.807, 2.05) is 19.1 Å². The minimum absolute atomic E-state index is 0.0314. The van der Waals surface area contributed by atoms with E-state index in [0.717, 1.165) is 28.7 Å². The molecule has 4 rings (SSSR count). The maximum Gasteiger partial charge on any atom is 0.416 e. The molecule has 0 aliphatic carbocycles. The highest BCUT2D eigenvalue weighted by molar-refractivity contribution is 7.92. The molecule has 190 valence electrons. The quantitative estimate of drug-likeness (QED) is 0.288. The van der Waals surface area contributed by atoms with Crippen LogP contribution in [0.25, 0.3) is 6.08 Å². The average Bonchev–Trinajstić information content (AvgIpc) is 2.88. The predicted molar refractivity (Wildman–Crippen MR) is 139 cm³/mol. The maximum atomic E-state index is 13.7. The average molecular weight is 523 g/mol. The third-order valence-corrected chi connectivity index (χ3v) is 7.03. The first kappa shape index (κ1) is 26.3. The van der Waals surface area contributed by atoms with Crippen molar-refractivity contribution in [1.29, 1.82) is 0 Å². The molecule has 0 bridgehead atoms. The van der Waals surface area contributed by atoms with Crippen LogP contribution in [0.3, 0.4) is 0 Å². The standard InChI is InChI=1S/C29H25F3N2O2S/c1-22-15-16-27(33-21-22)28(20-24-11-6-3-7-12-24,25-13-8-14-26(19-25)29(30,31)32)34-37(35,36)18-17-23-9-4-2-5-10-23/h2-19,21,34H,20H2,1H3. The molecule has 0 saturated carbocycles. The number of sulfonamides is 1. The van der Waals surface area contributed by atoms with Crippen LogP contribution in [0.15, 0.2) is 109 Å². The van der Waals surface area contributed by atoms with Crippen molar-refractivity contribution in [2.45, 2.75) is 25.1 Å². The van der Waals surface area contributed by atoms with Crippen LogP contribution in [0, 0.1) is 6.92 Å². The fraction of sp³-hybridized carbons (Fsp3) is 0.138. The second-order valence-corrected chi connectivity index (χ2v) is 10.3. The van der Waals surface area contributed by atoms with Gasteiger partial charge in [-0.15, -0.1) is 0 Å². The Morgan fingerprint density at radius 2 is 1.49 bits per heavy atom. The molecule has 0 radical (unpaired) electrons. The first-order valence-corrected chi connectivity index (χ1v) is 13.0. The van der Waals surface area contributed by atoms with Crippen molar-refractivity contribution >= 4 is 16.1 Å². The summed E-state index contributed by atoms with van der Waals surface area (Å²) in [6.45, 7) is 1.83. The summed E-state index contributed by atoms with van der Waals surface area (Å²) in [5, 5.41) is 1.02. The van der Waals surface area contributed by atoms with E-state index in [0.29, 0.717) is 5.56 Å². The smallest absolute Gasteiger partial charge is 0.259 e. The Morgan fingerprint density at radius 3 is 2.11 bits per heavy atom. The monoisotopic (exact) mass is 522 g/mol. The topological polar surface area (TPSA) is 59.1 Å². The van der Waals surface area contributed by atoms with Gasteiger partial charge in [0.2, 0.25) is 10.0 Å². The number of hydrogen-bond acceptors (Lipinski definition) is 3. The molecule has 1 aromatic heterocycles. The van der Waals surface area contributed by atoms with Crippen LogP contribution >= 0.6 is 0 Å². The molecular formula is C29H25F3N2O2S. The van der Waals surface area contributed by atoms with Gasteiger partial charge in [-0.1, -0.05) is 78.9 Å². The van der Waals surface area contributed by atoms with Gasteiger partial charge in [-0.3, -0.25) is 4.98 Å². The number of nitrogens with one attached hydrogen (secondary N) is 1. The zero-order valence-electron chi connectivity index (χ0n) is 20.0. The first-order valence-electron chi connectivity index (χ1n) is 11.5. The summed E-state index contributed by atoms with van der Waals surface area (Å²) in [7, 11) is -4.16. The van der Waals surface area contributed by atoms with Crippen LogP contribution in [0.2, 0.25) is 0 Å². The zero-order chi connectivity index (χ0) is 26.5. The maximum absolute atomic E-state index is 13.7. The molecule has 0 aliphatic heterocycles. The van der Waals surface area contributed by atoms with Gasteiger partial charge >= 0.3 is 6.18 Å². The summed E-state index contributed by atoms with van der Waals surface area (Å²) in [4.78, 5) is 4.49. The molecule has 1 unspecified atom stereocenters. The van der Waals surface area contributed by atoms with Crippen LogP contribution < -0.4 is 4.72 Å². The molecule has 0 fully saturated rings. The van der Waals surface area contributed by atoms with Gasteiger partial charge in [0.05, 0.1) is 11.3 Å². The van der Waals surface area contributed by atoms with Crippen molar-refractivity contribution in [2.24, 2.45) is 0 Å². The lowest BCUT2D eigenvalue weighted by atomic mass is 9.81. The highest BCUT2D eigenvalue weighted by atomic mass is 32.2. The van der Waals surface area contributed by atoms with Crippen molar-refractivity contribution in [3.63, 3.8) is 0 Å². The van der Waals surface area contributed by atoms with Gasteiger partial charge in [-0.2, -0.15) is 17.9 Å². The highest BCUT2D eigenvalue weighted by Gasteiger charge is 2.41. The molecule has 0 saturated heterocycles. The van der Waals surface area contributed by atoms with E-state index in [-0.39, 0.29) is 17.7 Å². The Morgan fingerprint density at radius 1 is 0.838 bits per heavy atom. The minimum atomic E-state index is -4.61. The van der Waals surface area contributed by atoms with Crippen molar-refractivity contribution in [3.8, 4) is 0 Å². The third-order valence-electron chi connectivity index (χ3n) is 5.90. The summed E-state index contributed by atoms with van der Waals surface area (Å²) in [5.41, 5.74) is 0.0981. The molecular weight excluding hydrogens is 497 g/mol. The Hall–Kier alpha value is -3.75. The van der Waals surface area contributed by atoms with Gasteiger partial charge in [-0.05, 0) is 53.5 Å². The van der Waals surface area contributed by atoms with Crippen molar-refractivity contribution in [3.05, 3.63) is 142 Å². The molecule has 4 aromatic rings. The fourth-order valence-electron chi connectivity index (χ4n) is 4.08. The molecule has 4 nitrogen and oxygen atoms in total. The summed E-state index contributed by atoms with van der Waals surface area (Å²) in [6.07, 6.45) is -1.58. The van der Waals surface area contributed by atoms with E-state index < -0.39 is 27.3 Å². The van der Waals surface area contributed by atoms with Crippen LogP contribution in [-0.2, 0) is 28.2 Å². The second-order valence-electron chi connectivity index (χ2n) is 8.73. The Balaban J connectivity index is 1.92. The predicted octanol–water partition coefficient (Wildman–Crippen LogP) is 6.49. The summed E-state index contributed by atoms with van der Waals surface area (Å²) in [5.74, 6) is 0. The van der Waals surface area contributed by atoms with Crippen molar-refractivity contribution in [2.75, 3.05) is 0 Å². The zero-order valence-corrected chi connectivity index (χ0v) is 20.8. The van der Waals surface area contributed by atoms with Gasteiger partial charge in [0.1, 0.15) is 5.54 Å². The molecule has 37 heavy (non-hydrogen) atoms. The van der Waals surface area contributed by atoms with Crippen LogP contribution in [0.4, 0.5) is 13.2 Å². The largest absolute Gasteiger partial charge is 0.416 e.